The molecule has 0 fully saturated rings. The van der Waals surface area contributed by atoms with Gasteiger partial charge in [0, 0.05) is 20.6 Å². The van der Waals surface area contributed by atoms with Gasteiger partial charge in [0.05, 0.1) is 6.42 Å². The molecule has 0 unspecified atom stereocenters. The van der Waals surface area contributed by atoms with E-state index in [0.29, 0.717) is 23.1 Å². The molecule has 28 heavy (non-hydrogen) atoms. The molecule has 3 aromatic rings. The minimum Gasteiger partial charge on any atom is -0.407 e. The van der Waals surface area contributed by atoms with Crippen LogP contribution in [0.1, 0.15) is 42.6 Å². The van der Waals surface area contributed by atoms with Crippen LogP contribution in [0.3, 0.4) is 0 Å². The highest BCUT2D eigenvalue weighted by atomic mass is 32.2. The van der Waals surface area contributed by atoms with Gasteiger partial charge >= 0.3 is 6.01 Å². The number of nitrogens with zero attached hydrogens (tertiary/aromatic N) is 2. The van der Waals surface area contributed by atoms with E-state index in [1.54, 1.807) is 35.7 Å². The molecule has 1 amide bonds. The molecule has 7 heteroatoms. The van der Waals surface area contributed by atoms with Crippen LogP contribution in [0.2, 0.25) is 0 Å². The number of hydrogen-bond donors (Lipinski definition) is 1. The van der Waals surface area contributed by atoms with Crippen molar-refractivity contribution in [1.29, 1.82) is 0 Å². The molecule has 1 heterocycles. The fourth-order valence-electron chi connectivity index (χ4n) is 2.55. The van der Waals surface area contributed by atoms with Crippen molar-refractivity contribution in [2.75, 3.05) is 11.1 Å². The Morgan fingerprint density at radius 3 is 2.36 bits per heavy atom. The summed E-state index contributed by atoms with van der Waals surface area (Å²) in [5.74, 6) is 1.25. The maximum absolute atomic E-state index is 12.4. The molecule has 0 spiro atoms. The normalized spacial score (nSPS) is 11.0. The van der Waals surface area contributed by atoms with Gasteiger partial charge in [-0.15, -0.1) is 28.6 Å². The van der Waals surface area contributed by atoms with Gasteiger partial charge in [0.2, 0.25) is 5.89 Å². The number of anilines is 1. The van der Waals surface area contributed by atoms with Crippen molar-refractivity contribution in [3.8, 4) is 0 Å². The van der Waals surface area contributed by atoms with E-state index in [0.717, 1.165) is 16.2 Å². The van der Waals surface area contributed by atoms with Crippen molar-refractivity contribution < 1.29 is 9.21 Å². The topological polar surface area (TPSA) is 68.0 Å². The molecule has 0 aliphatic carbocycles. The standard InChI is InChI=1S/C21H23N3O2S2/c1-4-27-17-9-5-15(6-10-17)13-19-23-24-21(26-19)22-20(25)16-7-11-18(12-8-16)28-14(2)3/h5-12,14H,4,13H2,1-3H3,(H,22,24,25). The molecule has 2 aromatic carbocycles. The second kappa shape index (κ2) is 9.80. The van der Waals surface area contributed by atoms with Crippen molar-refractivity contribution in [1.82, 2.24) is 10.2 Å². The Hall–Kier alpha value is -2.25. The first-order valence-corrected chi connectivity index (χ1v) is 11.0. The second-order valence-electron chi connectivity index (χ2n) is 6.40. The highest BCUT2D eigenvalue weighted by Crippen LogP contribution is 2.23. The summed E-state index contributed by atoms with van der Waals surface area (Å²) in [6.45, 7) is 6.40. The molecule has 0 saturated heterocycles. The minimum absolute atomic E-state index is 0.110. The van der Waals surface area contributed by atoms with Crippen LogP contribution in [0.25, 0.3) is 0 Å². The Morgan fingerprint density at radius 2 is 1.71 bits per heavy atom. The molecule has 0 radical (unpaired) electrons. The number of carbonyl (C=O) groups is 1. The van der Waals surface area contributed by atoms with E-state index in [1.165, 1.54) is 4.90 Å². The number of nitrogens with one attached hydrogen (secondary N) is 1. The van der Waals surface area contributed by atoms with Crippen LogP contribution < -0.4 is 5.32 Å². The molecule has 0 aliphatic rings. The van der Waals surface area contributed by atoms with Gasteiger partial charge in [-0.3, -0.25) is 10.1 Å². The summed E-state index contributed by atoms with van der Waals surface area (Å²) in [5, 5.41) is 11.1. The SMILES string of the molecule is CCSc1ccc(Cc2nnc(NC(=O)c3ccc(SC(C)C)cc3)o2)cc1. The van der Waals surface area contributed by atoms with E-state index in [1.807, 2.05) is 12.1 Å². The van der Waals surface area contributed by atoms with E-state index >= 15 is 0 Å². The average Bonchev–Trinajstić information content (AvgIpc) is 3.10. The highest BCUT2D eigenvalue weighted by molar-refractivity contribution is 8.00. The quantitative estimate of drug-likeness (QED) is 0.490. The smallest absolute Gasteiger partial charge is 0.322 e. The fraction of sp³-hybridized carbons (Fsp3) is 0.286. The lowest BCUT2D eigenvalue weighted by molar-refractivity contribution is 0.102. The van der Waals surface area contributed by atoms with Crippen LogP contribution in [0.5, 0.6) is 0 Å². The molecule has 146 valence electrons. The van der Waals surface area contributed by atoms with Gasteiger partial charge in [-0.05, 0) is 47.7 Å². The maximum Gasteiger partial charge on any atom is 0.322 e. The summed E-state index contributed by atoms with van der Waals surface area (Å²) in [7, 11) is 0. The summed E-state index contributed by atoms with van der Waals surface area (Å²) in [6.07, 6.45) is 0.529. The van der Waals surface area contributed by atoms with Crippen LogP contribution in [0, 0.1) is 0 Å². The molecule has 3 rings (SSSR count). The zero-order valence-electron chi connectivity index (χ0n) is 16.1. The Bertz CT molecular complexity index is 906. The first kappa shape index (κ1) is 20.5. The highest BCUT2D eigenvalue weighted by Gasteiger charge is 2.12. The molecular formula is C21H23N3O2S2. The predicted octanol–water partition coefficient (Wildman–Crippen LogP) is 5.53. The first-order valence-electron chi connectivity index (χ1n) is 9.15. The summed E-state index contributed by atoms with van der Waals surface area (Å²) < 4.78 is 5.57. The van der Waals surface area contributed by atoms with Gasteiger partial charge in [0.1, 0.15) is 0 Å². The molecule has 5 nitrogen and oxygen atoms in total. The molecule has 0 saturated carbocycles. The van der Waals surface area contributed by atoms with E-state index in [4.69, 9.17) is 4.42 Å². The lowest BCUT2D eigenvalue weighted by Crippen LogP contribution is -2.12. The third-order valence-corrected chi connectivity index (χ3v) is 5.68. The van der Waals surface area contributed by atoms with E-state index in [-0.39, 0.29) is 11.9 Å². The van der Waals surface area contributed by atoms with Crippen LogP contribution in [-0.2, 0) is 6.42 Å². The molecular weight excluding hydrogens is 390 g/mol. The number of thioether (sulfide) groups is 2. The zero-order chi connectivity index (χ0) is 19.9. The number of benzene rings is 2. The predicted molar refractivity (Wildman–Crippen MR) is 115 cm³/mol. The zero-order valence-corrected chi connectivity index (χ0v) is 17.8. The Kier molecular flexibility index (Phi) is 7.17. The monoisotopic (exact) mass is 413 g/mol. The minimum atomic E-state index is -0.266. The largest absolute Gasteiger partial charge is 0.407 e. The molecule has 1 N–H and O–H groups in total. The summed E-state index contributed by atoms with van der Waals surface area (Å²) in [5.41, 5.74) is 1.64. The number of amides is 1. The molecule has 0 aliphatic heterocycles. The average molecular weight is 414 g/mol. The summed E-state index contributed by atoms with van der Waals surface area (Å²) in [4.78, 5) is 14.7. The van der Waals surface area contributed by atoms with Crippen LogP contribution in [0.15, 0.2) is 62.7 Å². The van der Waals surface area contributed by atoms with Gasteiger partial charge in [0.25, 0.3) is 5.91 Å². The number of carbonyl (C=O) groups excluding carboxylic acids is 1. The number of hydrogen-bond acceptors (Lipinski definition) is 6. The summed E-state index contributed by atoms with van der Waals surface area (Å²) >= 11 is 3.56. The van der Waals surface area contributed by atoms with Gasteiger partial charge in [-0.2, -0.15) is 0 Å². The van der Waals surface area contributed by atoms with Crippen LogP contribution >= 0.6 is 23.5 Å². The van der Waals surface area contributed by atoms with Crippen LogP contribution in [0.4, 0.5) is 6.01 Å². The Labute approximate surface area is 173 Å². The third-order valence-electron chi connectivity index (χ3n) is 3.77. The van der Waals surface area contributed by atoms with E-state index < -0.39 is 0 Å². The van der Waals surface area contributed by atoms with Crippen LogP contribution in [-0.4, -0.2) is 27.1 Å². The van der Waals surface area contributed by atoms with Gasteiger partial charge in [-0.25, -0.2) is 0 Å². The third kappa shape index (κ3) is 5.87. The van der Waals surface area contributed by atoms with Gasteiger partial charge in [-0.1, -0.05) is 38.0 Å². The maximum atomic E-state index is 12.4. The Balaban J connectivity index is 1.58. The molecule has 1 aromatic heterocycles. The lowest BCUT2D eigenvalue weighted by atomic mass is 10.1. The fourth-order valence-corrected chi connectivity index (χ4v) is 4.05. The molecule has 0 atom stereocenters. The van der Waals surface area contributed by atoms with E-state index in [9.17, 15) is 4.79 Å². The van der Waals surface area contributed by atoms with Gasteiger partial charge < -0.3 is 4.42 Å². The van der Waals surface area contributed by atoms with Crippen molar-refractivity contribution in [3.63, 3.8) is 0 Å². The van der Waals surface area contributed by atoms with Crippen molar-refractivity contribution in [2.45, 2.75) is 42.2 Å². The number of rotatable bonds is 8. The Morgan fingerprint density at radius 1 is 1.04 bits per heavy atom. The molecule has 0 bridgehead atoms. The lowest BCUT2D eigenvalue weighted by Gasteiger charge is -2.05. The van der Waals surface area contributed by atoms with Gasteiger partial charge in [0.15, 0.2) is 0 Å². The van der Waals surface area contributed by atoms with Crippen molar-refractivity contribution >= 4 is 35.4 Å². The summed E-state index contributed by atoms with van der Waals surface area (Å²) in [6, 6.07) is 15.9. The number of aromatic nitrogens is 2. The first-order chi connectivity index (χ1) is 13.5. The van der Waals surface area contributed by atoms with Crippen molar-refractivity contribution in [3.05, 3.63) is 65.5 Å². The van der Waals surface area contributed by atoms with Crippen molar-refractivity contribution in [2.24, 2.45) is 0 Å². The van der Waals surface area contributed by atoms with E-state index in [2.05, 4.69) is 60.6 Å². The second-order valence-corrected chi connectivity index (χ2v) is 9.39.